The number of hydrogen-bond donors (Lipinski definition) is 0. The highest BCUT2D eigenvalue weighted by molar-refractivity contribution is 8.13. The summed E-state index contributed by atoms with van der Waals surface area (Å²) in [4.78, 5) is 0. The number of fused-ring (bicyclic) bond motifs is 3. The molecule has 0 N–H and O–H groups in total. The molecule has 1 aliphatic carbocycles. The SMILES string of the molecule is CCCCC12C=CC3SC3C1S2. The second kappa shape index (κ2) is 2.48. The van der Waals surface area contributed by atoms with Gasteiger partial charge in [0.25, 0.3) is 0 Å². The largest absolute Gasteiger partial charge is 0.147 e. The maximum absolute atomic E-state index is 2.51. The van der Waals surface area contributed by atoms with E-state index in [1.165, 1.54) is 19.3 Å². The van der Waals surface area contributed by atoms with Crippen LogP contribution in [0.15, 0.2) is 12.2 Å². The summed E-state index contributed by atoms with van der Waals surface area (Å²) >= 11 is 4.40. The normalized spacial score (nSPS) is 52.9. The van der Waals surface area contributed by atoms with Crippen molar-refractivity contribution in [1.29, 1.82) is 0 Å². The van der Waals surface area contributed by atoms with Crippen LogP contribution in [0.1, 0.15) is 26.2 Å². The number of thioether (sulfide) groups is 2. The minimum Gasteiger partial charge on any atom is -0.147 e. The van der Waals surface area contributed by atoms with Crippen LogP contribution >= 0.6 is 23.5 Å². The van der Waals surface area contributed by atoms with Crippen LogP contribution in [0.4, 0.5) is 0 Å². The van der Waals surface area contributed by atoms with Gasteiger partial charge in [-0.25, -0.2) is 0 Å². The lowest BCUT2D eigenvalue weighted by molar-refractivity contribution is 0.620. The lowest BCUT2D eigenvalue weighted by Crippen LogP contribution is -2.19. The number of hydrogen-bond acceptors (Lipinski definition) is 2. The first-order valence-electron chi connectivity index (χ1n) is 4.88. The van der Waals surface area contributed by atoms with Crippen LogP contribution in [0, 0.1) is 0 Å². The van der Waals surface area contributed by atoms with E-state index >= 15 is 0 Å². The topological polar surface area (TPSA) is 0 Å². The molecule has 0 amide bonds. The summed E-state index contributed by atoms with van der Waals surface area (Å²) in [7, 11) is 0. The highest BCUT2D eigenvalue weighted by Crippen LogP contribution is 2.70. The van der Waals surface area contributed by atoms with Gasteiger partial charge in [0.05, 0.1) is 0 Å². The van der Waals surface area contributed by atoms with Crippen molar-refractivity contribution in [3.63, 3.8) is 0 Å². The van der Waals surface area contributed by atoms with Crippen LogP contribution in [-0.2, 0) is 0 Å². The molecule has 0 spiro atoms. The summed E-state index contributed by atoms with van der Waals surface area (Å²) in [6.45, 7) is 2.29. The van der Waals surface area contributed by atoms with Crippen LogP contribution in [0.25, 0.3) is 0 Å². The standard InChI is InChI=1S/C10H14S2/c1-2-3-5-10-6-4-7-8(11-7)9(10)12-10/h4,6-9H,2-3,5H2,1H3. The Morgan fingerprint density at radius 1 is 1.50 bits per heavy atom. The van der Waals surface area contributed by atoms with Gasteiger partial charge in [-0.05, 0) is 6.42 Å². The maximum Gasteiger partial charge on any atom is 0.0473 e. The smallest absolute Gasteiger partial charge is 0.0473 e. The molecule has 12 heavy (non-hydrogen) atoms. The molecule has 2 fully saturated rings. The van der Waals surface area contributed by atoms with E-state index in [1.54, 1.807) is 0 Å². The third-order valence-electron chi connectivity index (χ3n) is 3.12. The van der Waals surface area contributed by atoms with E-state index in [-0.39, 0.29) is 0 Å². The zero-order chi connectivity index (χ0) is 8.18. The van der Waals surface area contributed by atoms with Gasteiger partial charge in [0, 0.05) is 20.5 Å². The molecule has 2 aliphatic heterocycles. The molecule has 2 saturated heterocycles. The van der Waals surface area contributed by atoms with Crippen molar-refractivity contribution in [2.45, 2.75) is 46.7 Å². The van der Waals surface area contributed by atoms with Crippen molar-refractivity contribution in [3.05, 3.63) is 12.2 Å². The van der Waals surface area contributed by atoms with Gasteiger partial charge in [0.15, 0.2) is 0 Å². The van der Waals surface area contributed by atoms with Gasteiger partial charge in [-0.1, -0.05) is 31.9 Å². The zero-order valence-corrected chi connectivity index (χ0v) is 8.96. The first kappa shape index (κ1) is 7.81. The maximum atomic E-state index is 2.51. The summed E-state index contributed by atoms with van der Waals surface area (Å²) in [6, 6.07) is 0. The van der Waals surface area contributed by atoms with Crippen molar-refractivity contribution in [3.8, 4) is 0 Å². The Morgan fingerprint density at radius 3 is 3.25 bits per heavy atom. The van der Waals surface area contributed by atoms with E-state index in [2.05, 4.69) is 42.6 Å². The Bertz CT molecular complexity index is 236. The number of rotatable bonds is 3. The van der Waals surface area contributed by atoms with E-state index in [0.29, 0.717) is 4.75 Å². The summed E-state index contributed by atoms with van der Waals surface area (Å²) < 4.78 is 0.626. The molecule has 4 unspecified atom stereocenters. The van der Waals surface area contributed by atoms with Gasteiger partial charge in [-0.3, -0.25) is 0 Å². The predicted molar refractivity (Wildman–Crippen MR) is 57.9 cm³/mol. The fraction of sp³-hybridized carbons (Fsp3) is 0.800. The fourth-order valence-electron chi connectivity index (χ4n) is 2.21. The highest BCUT2D eigenvalue weighted by atomic mass is 32.2. The van der Waals surface area contributed by atoms with Crippen molar-refractivity contribution < 1.29 is 0 Å². The van der Waals surface area contributed by atoms with Crippen LogP contribution in [0.2, 0.25) is 0 Å². The van der Waals surface area contributed by atoms with Crippen LogP contribution in [-0.4, -0.2) is 20.5 Å². The van der Waals surface area contributed by atoms with Gasteiger partial charge in [0.2, 0.25) is 0 Å². The molecule has 0 nitrogen and oxygen atoms in total. The number of unbranched alkanes of at least 4 members (excludes halogenated alkanes) is 1. The van der Waals surface area contributed by atoms with Crippen molar-refractivity contribution >= 4 is 23.5 Å². The Hall–Kier alpha value is 0.440. The van der Waals surface area contributed by atoms with E-state index in [4.69, 9.17) is 0 Å². The molecule has 2 heteroatoms. The molecule has 4 atom stereocenters. The molecule has 3 rings (SSSR count). The van der Waals surface area contributed by atoms with E-state index in [0.717, 1.165) is 15.7 Å². The van der Waals surface area contributed by atoms with Crippen molar-refractivity contribution in [2.24, 2.45) is 0 Å². The minimum absolute atomic E-state index is 0.626. The fourth-order valence-corrected chi connectivity index (χ4v) is 5.30. The molecule has 0 bridgehead atoms. The second-order valence-electron chi connectivity index (χ2n) is 4.02. The lowest BCUT2D eigenvalue weighted by atomic mass is 9.91. The Kier molecular flexibility index (Phi) is 1.61. The second-order valence-corrected chi connectivity index (χ2v) is 6.89. The third kappa shape index (κ3) is 1.00. The van der Waals surface area contributed by atoms with Gasteiger partial charge >= 0.3 is 0 Å². The molecule has 66 valence electrons. The van der Waals surface area contributed by atoms with Gasteiger partial charge in [0.1, 0.15) is 0 Å². The molecule has 3 aliphatic rings. The Morgan fingerprint density at radius 2 is 2.42 bits per heavy atom. The van der Waals surface area contributed by atoms with Crippen molar-refractivity contribution in [1.82, 2.24) is 0 Å². The first-order valence-corrected chi connectivity index (χ1v) is 6.71. The Labute approximate surface area is 82.6 Å². The summed E-state index contributed by atoms with van der Waals surface area (Å²) in [5, 5.41) is 2.93. The average molecular weight is 198 g/mol. The van der Waals surface area contributed by atoms with E-state index in [9.17, 15) is 0 Å². The third-order valence-corrected chi connectivity index (χ3v) is 6.37. The minimum atomic E-state index is 0.626. The lowest BCUT2D eigenvalue weighted by Gasteiger charge is -2.11. The van der Waals surface area contributed by atoms with Crippen LogP contribution in [0.5, 0.6) is 0 Å². The van der Waals surface area contributed by atoms with Gasteiger partial charge in [-0.2, -0.15) is 0 Å². The predicted octanol–water partition coefficient (Wildman–Crippen LogP) is 3.08. The molecule has 0 aromatic heterocycles. The summed E-state index contributed by atoms with van der Waals surface area (Å²) in [5.41, 5.74) is 0. The monoisotopic (exact) mass is 198 g/mol. The van der Waals surface area contributed by atoms with Gasteiger partial charge < -0.3 is 0 Å². The molecule has 0 aromatic carbocycles. The molecule has 0 saturated carbocycles. The molecule has 0 aromatic rings. The van der Waals surface area contributed by atoms with Crippen LogP contribution < -0.4 is 0 Å². The highest BCUT2D eigenvalue weighted by Gasteiger charge is 2.65. The van der Waals surface area contributed by atoms with Crippen molar-refractivity contribution in [2.75, 3.05) is 0 Å². The molecular weight excluding hydrogens is 184 g/mol. The van der Waals surface area contributed by atoms with E-state index in [1.807, 2.05) is 0 Å². The Balaban J connectivity index is 1.70. The van der Waals surface area contributed by atoms with Crippen LogP contribution in [0.3, 0.4) is 0 Å². The summed E-state index contributed by atoms with van der Waals surface area (Å²) in [5.74, 6) is 0. The first-order chi connectivity index (χ1) is 5.86. The molecule has 0 radical (unpaired) electrons. The summed E-state index contributed by atoms with van der Waals surface area (Å²) in [6.07, 6.45) is 9.17. The zero-order valence-electron chi connectivity index (χ0n) is 7.32. The van der Waals surface area contributed by atoms with Gasteiger partial charge in [-0.15, -0.1) is 23.5 Å². The quantitative estimate of drug-likeness (QED) is 0.505. The average Bonchev–Trinajstić information content (AvgIpc) is 2.93. The van der Waals surface area contributed by atoms with E-state index < -0.39 is 0 Å². The molecule has 2 heterocycles. The molecular formula is C10H14S2.